The average molecular weight is 352 g/mol. The van der Waals surface area contributed by atoms with Crippen molar-refractivity contribution in [1.29, 1.82) is 0 Å². The van der Waals surface area contributed by atoms with Gasteiger partial charge in [-0.25, -0.2) is 0 Å². The minimum Gasteiger partial charge on any atom is -0.490 e. The number of methoxy groups -OCH3 is 1. The van der Waals surface area contributed by atoms with Crippen LogP contribution in [0, 0.1) is 10.1 Å². The Hall–Kier alpha value is -2.84. The molecule has 1 saturated carbocycles. The summed E-state index contributed by atoms with van der Waals surface area (Å²) in [6, 6.07) is 3.93. The number of hydrogen-bond acceptors (Lipinski definition) is 6. The summed E-state index contributed by atoms with van der Waals surface area (Å²) in [4.78, 5) is 33.4. The molecule has 0 radical (unpaired) electrons. The lowest BCUT2D eigenvalue weighted by Gasteiger charge is -2.28. The van der Waals surface area contributed by atoms with E-state index in [0.717, 1.165) is 12.8 Å². The summed E-state index contributed by atoms with van der Waals surface area (Å²) in [6.45, 7) is -0.317. The molecule has 2 rings (SSSR count). The van der Waals surface area contributed by atoms with Crippen LogP contribution in [-0.4, -0.2) is 41.2 Å². The third-order valence-corrected chi connectivity index (χ3v) is 4.17. The van der Waals surface area contributed by atoms with Crippen LogP contribution in [0.25, 0.3) is 0 Å². The maximum Gasteiger partial charge on any atom is 0.311 e. The van der Waals surface area contributed by atoms with Gasteiger partial charge in [0, 0.05) is 12.1 Å². The number of nitrogens with zero attached hydrogens (tertiary/aromatic N) is 1. The maximum absolute atomic E-state index is 12.1. The maximum atomic E-state index is 12.1. The molecule has 9 heteroatoms. The number of carbonyl (C=O) groups is 2. The van der Waals surface area contributed by atoms with Crippen LogP contribution in [0.4, 0.5) is 5.69 Å². The number of amides is 1. The molecule has 2 N–H and O–H groups in total. The van der Waals surface area contributed by atoms with Crippen LogP contribution in [0.5, 0.6) is 11.5 Å². The number of carboxylic acid groups (broad SMARTS) is 1. The Morgan fingerprint density at radius 3 is 2.60 bits per heavy atom. The summed E-state index contributed by atoms with van der Waals surface area (Å²) in [5, 5.41) is 22.7. The van der Waals surface area contributed by atoms with E-state index in [0.29, 0.717) is 12.8 Å². The summed E-state index contributed by atoms with van der Waals surface area (Å²) in [5.41, 5.74) is -0.926. The van der Waals surface area contributed by atoms with Gasteiger partial charge < -0.3 is 19.9 Å². The van der Waals surface area contributed by atoms with Crippen molar-refractivity contribution in [3.63, 3.8) is 0 Å². The van der Waals surface area contributed by atoms with Crippen molar-refractivity contribution in [2.24, 2.45) is 0 Å². The van der Waals surface area contributed by atoms with E-state index < -0.39 is 22.3 Å². The Morgan fingerprint density at radius 2 is 2.04 bits per heavy atom. The van der Waals surface area contributed by atoms with Gasteiger partial charge in [0.25, 0.3) is 5.91 Å². The molecule has 136 valence electrons. The summed E-state index contributed by atoms with van der Waals surface area (Å²) in [7, 11) is 1.30. The molecule has 9 nitrogen and oxygen atoms in total. The van der Waals surface area contributed by atoms with E-state index in [1.165, 1.54) is 25.3 Å². The minimum absolute atomic E-state index is 0.0287. The number of carbonyl (C=O) groups excluding carboxylic acids is 1. The largest absolute Gasteiger partial charge is 0.490 e. The molecule has 1 fully saturated rings. The number of hydrogen-bond donors (Lipinski definition) is 2. The second-order valence-electron chi connectivity index (χ2n) is 5.99. The Labute approximate surface area is 144 Å². The average Bonchev–Trinajstić information content (AvgIpc) is 2.99. The van der Waals surface area contributed by atoms with Gasteiger partial charge in [-0.05, 0) is 18.9 Å². The highest BCUT2D eigenvalue weighted by atomic mass is 16.6. The third kappa shape index (κ3) is 4.82. The van der Waals surface area contributed by atoms with Crippen LogP contribution in [0.15, 0.2) is 18.2 Å². The molecular formula is C16H20N2O7. The van der Waals surface area contributed by atoms with E-state index in [1.807, 2.05) is 0 Å². The van der Waals surface area contributed by atoms with Crippen molar-refractivity contribution in [3.8, 4) is 11.5 Å². The molecule has 25 heavy (non-hydrogen) atoms. The van der Waals surface area contributed by atoms with Crippen molar-refractivity contribution in [3.05, 3.63) is 28.3 Å². The number of aliphatic carboxylic acids is 1. The summed E-state index contributed by atoms with van der Waals surface area (Å²) < 4.78 is 10.3. The third-order valence-electron chi connectivity index (χ3n) is 4.17. The van der Waals surface area contributed by atoms with E-state index in [9.17, 15) is 19.7 Å². The first-order chi connectivity index (χ1) is 11.8. The fraction of sp³-hybridized carbons (Fsp3) is 0.500. The van der Waals surface area contributed by atoms with Crippen LogP contribution in [-0.2, 0) is 9.59 Å². The van der Waals surface area contributed by atoms with Gasteiger partial charge in [0.1, 0.15) is 5.75 Å². The lowest BCUT2D eigenvalue weighted by atomic mass is 9.93. The first-order valence-corrected chi connectivity index (χ1v) is 7.83. The molecular weight excluding hydrogens is 332 g/mol. The van der Waals surface area contributed by atoms with Gasteiger partial charge in [-0.3, -0.25) is 19.7 Å². The van der Waals surface area contributed by atoms with Gasteiger partial charge in [0.05, 0.1) is 24.0 Å². The molecule has 0 saturated heterocycles. The molecule has 0 atom stereocenters. The number of nitro groups is 1. The zero-order valence-electron chi connectivity index (χ0n) is 13.8. The Kier molecular flexibility index (Phi) is 5.79. The molecule has 1 aliphatic rings. The lowest BCUT2D eigenvalue weighted by Crippen LogP contribution is -2.49. The number of carboxylic acids is 1. The number of nitro benzene ring substituents is 1. The first kappa shape index (κ1) is 18.5. The number of nitrogens with one attached hydrogen (secondary N) is 1. The van der Waals surface area contributed by atoms with Crippen LogP contribution in [0.1, 0.15) is 32.1 Å². The molecule has 1 aromatic carbocycles. The molecule has 1 aliphatic carbocycles. The van der Waals surface area contributed by atoms with Crippen molar-refractivity contribution < 1.29 is 29.1 Å². The zero-order chi connectivity index (χ0) is 18.4. The fourth-order valence-corrected chi connectivity index (χ4v) is 3.07. The van der Waals surface area contributed by atoms with Crippen LogP contribution in [0.2, 0.25) is 0 Å². The fourth-order valence-electron chi connectivity index (χ4n) is 3.07. The second kappa shape index (κ2) is 7.82. The number of benzene rings is 1. The molecule has 1 amide bonds. The van der Waals surface area contributed by atoms with E-state index in [1.54, 1.807) is 0 Å². The van der Waals surface area contributed by atoms with Crippen molar-refractivity contribution in [2.75, 3.05) is 13.7 Å². The highest BCUT2D eigenvalue weighted by Gasteiger charge is 2.37. The van der Waals surface area contributed by atoms with E-state index in [4.69, 9.17) is 14.6 Å². The molecule has 0 aliphatic heterocycles. The van der Waals surface area contributed by atoms with Crippen LogP contribution >= 0.6 is 0 Å². The summed E-state index contributed by atoms with van der Waals surface area (Å²) in [5.74, 6) is -1.11. The molecule has 1 aromatic rings. The highest BCUT2D eigenvalue weighted by molar-refractivity contribution is 5.79. The molecule has 0 unspecified atom stereocenters. The van der Waals surface area contributed by atoms with E-state index in [2.05, 4.69) is 5.32 Å². The van der Waals surface area contributed by atoms with Crippen molar-refractivity contribution in [2.45, 2.75) is 37.6 Å². The van der Waals surface area contributed by atoms with Crippen LogP contribution in [0.3, 0.4) is 0 Å². The number of ether oxygens (including phenoxy) is 2. The standard InChI is InChI=1S/C16H20N2O7/c1-24-13-8-11(4-5-12(13)18(22)23)25-10-14(19)17-16(9-15(20)21)6-2-3-7-16/h4-5,8H,2-3,6-7,9-10H2,1H3,(H,17,19)(H,20,21). The smallest absolute Gasteiger partial charge is 0.311 e. The zero-order valence-corrected chi connectivity index (χ0v) is 13.8. The quantitative estimate of drug-likeness (QED) is 0.540. The Balaban J connectivity index is 1.97. The molecule has 0 spiro atoms. The highest BCUT2D eigenvalue weighted by Crippen LogP contribution is 2.33. The van der Waals surface area contributed by atoms with Crippen LogP contribution < -0.4 is 14.8 Å². The summed E-state index contributed by atoms with van der Waals surface area (Å²) in [6.07, 6.45) is 2.86. The topological polar surface area (TPSA) is 128 Å². The van der Waals surface area contributed by atoms with E-state index >= 15 is 0 Å². The SMILES string of the molecule is COc1cc(OCC(=O)NC2(CC(=O)O)CCCC2)ccc1[N+](=O)[O-]. The molecule has 0 aromatic heterocycles. The normalized spacial score (nSPS) is 15.4. The van der Waals surface area contributed by atoms with Crippen molar-refractivity contribution in [1.82, 2.24) is 5.32 Å². The number of rotatable bonds is 8. The van der Waals surface area contributed by atoms with Gasteiger partial charge in [0.15, 0.2) is 6.61 Å². The second-order valence-corrected chi connectivity index (χ2v) is 5.99. The van der Waals surface area contributed by atoms with Gasteiger partial charge >= 0.3 is 11.7 Å². The molecule has 0 bridgehead atoms. The predicted molar refractivity (Wildman–Crippen MR) is 86.7 cm³/mol. The molecule has 0 heterocycles. The van der Waals surface area contributed by atoms with Gasteiger partial charge in [-0.2, -0.15) is 0 Å². The van der Waals surface area contributed by atoms with Gasteiger partial charge in [-0.1, -0.05) is 12.8 Å². The monoisotopic (exact) mass is 352 g/mol. The Bertz CT molecular complexity index is 668. The minimum atomic E-state index is -0.955. The summed E-state index contributed by atoms with van der Waals surface area (Å²) >= 11 is 0. The van der Waals surface area contributed by atoms with Gasteiger partial charge in [-0.15, -0.1) is 0 Å². The van der Waals surface area contributed by atoms with Crippen molar-refractivity contribution >= 4 is 17.6 Å². The first-order valence-electron chi connectivity index (χ1n) is 7.83. The predicted octanol–water partition coefficient (Wildman–Crippen LogP) is 1.89. The lowest BCUT2D eigenvalue weighted by molar-refractivity contribution is -0.385. The van der Waals surface area contributed by atoms with E-state index in [-0.39, 0.29) is 30.2 Å². The van der Waals surface area contributed by atoms with Gasteiger partial charge in [0.2, 0.25) is 5.75 Å². The Morgan fingerprint density at radius 1 is 1.36 bits per heavy atom.